The predicted octanol–water partition coefficient (Wildman–Crippen LogP) is 1.29. The van der Waals surface area contributed by atoms with E-state index in [0.717, 1.165) is 32.1 Å². The van der Waals surface area contributed by atoms with Gasteiger partial charge in [0, 0.05) is 30.6 Å². The van der Waals surface area contributed by atoms with Gasteiger partial charge in [0.1, 0.15) is 0 Å². The molecule has 4 heteroatoms. The van der Waals surface area contributed by atoms with Gasteiger partial charge in [0.25, 0.3) is 0 Å². The van der Waals surface area contributed by atoms with Crippen LogP contribution >= 0.6 is 11.3 Å². The molecule has 1 N–H and O–H groups in total. The fraction of sp³-hybridized carbons (Fsp3) is 0.727. The van der Waals surface area contributed by atoms with Crippen molar-refractivity contribution < 1.29 is 0 Å². The van der Waals surface area contributed by atoms with Gasteiger partial charge < -0.3 is 5.32 Å². The van der Waals surface area contributed by atoms with E-state index >= 15 is 0 Å². The molecule has 3 nitrogen and oxygen atoms in total. The van der Waals surface area contributed by atoms with Crippen molar-refractivity contribution in [2.75, 3.05) is 26.2 Å². The Kier molecular flexibility index (Phi) is 3.72. The lowest BCUT2D eigenvalue weighted by Crippen LogP contribution is -2.57. The number of nitrogens with one attached hydrogen (secondary N) is 1. The molecule has 0 radical (unpaired) electrons. The Balaban J connectivity index is 1.83. The third kappa shape index (κ3) is 2.56. The minimum absolute atomic E-state index is 0.767. The number of nitrogens with zero attached hydrogens (tertiary/aromatic N) is 2. The molecule has 0 spiro atoms. The van der Waals surface area contributed by atoms with Crippen LogP contribution in [0.2, 0.25) is 0 Å². The topological polar surface area (TPSA) is 28.2 Å². The van der Waals surface area contributed by atoms with Gasteiger partial charge >= 0.3 is 0 Å². The second kappa shape index (κ2) is 5.05. The normalized spacial score (nSPS) is 17.0. The number of likely N-dealkylation sites (N-methyl/N-ethyl adjacent to an activating group) is 1. The average molecular weight is 225 g/mol. The van der Waals surface area contributed by atoms with E-state index in [-0.39, 0.29) is 0 Å². The average Bonchev–Trinajstić information content (AvgIpc) is 2.55. The highest BCUT2D eigenvalue weighted by Gasteiger charge is 2.22. The van der Waals surface area contributed by atoms with Gasteiger partial charge in [-0.25, -0.2) is 4.98 Å². The van der Waals surface area contributed by atoms with Crippen LogP contribution in [-0.4, -0.2) is 42.1 Å². The number of aromatic nitrogens is 1. The summed E-state index contributed by atoms with van der Waals surface area (Å²) in [6.45, 7) is 9.01. The van der Waals surface area contributed by atoms with E-state index in [4.69, 9.17) is 0 Å². The zero-order chi connectivity index (χ0) is 10.7. The fourth-order valence-electron chi connectivity index (χ4n) is 1.94. The van der Waals surface area contributed by atoms with E-state index in [1.165, 1.54) is 17.1 Å². The Morgan fingerprint density at radius 2 is 2.40 bits per heavy atom. The lowest BCUT2D eigenvalue weighted by Gasteiger charge is -2.37. The van der Waals surface area contributed by atoms with Crippen molar-refractivity contribution in [1.82, 2.24) is 15.2 Å². The van der Waals surface area contributed by atoms with E-state index in [0.29, 0.717) is 0 Å². The molecule has 15 heavy (non-hydrogen) atoms. The maximum absolute atomic E-state index is 4.29. The van der Waals surface area contributed by atoms with Crippen molar-refractivity contribution in [3.8, 4) is 0 Å². The summed E-state index contributed by atoms with van der Waals surface area (Å²) in [6, 6.07) is 0.767. The van der Waals surface area contributed by atoms with Gasteiger partial charge in [0.05, 0.1) is 11.2 Å². The third-order valence-corrected chi connectivity index (χ3v) is 4.15. The Morgan fingerprint density at radius 1 is 1.60 bits per heavy atom. The Bertz CT molecular complexity index is 307. The van der Waals surface area contributed by atoms with E-state index in [1.807, 2.05) is 5.51 Å². The van der Waals surface area contributed by atoms with Gasteiger partial charge in [-0.05, 0) is 19.9 Å². The summed E-state index contributed by atoms with van der Waals surface area (Å²) in [4.78, 5) is 8.30. The highest BCUT2D eigenvalue weighted by atomic mass is 32.1. The van der Waals surface area contributed by atoms with E-state index in [2.05, 4.69) is 29.0 Å². The largest absolute Gasteiger partial charge is 0.314 e. The minimum atomic E-state index is 0.767. The number of rotatable bonds is 5. The molecule has 0 aromatic carbocycles. The molecule has 0 unspecified atom stereocenters. The van der Waals surface area contributed by atoms with Crippen LogP contribution in [-0.2, 0) is 6.42 Å². The van der Waals surface area contributed by atoms with Crippen LogP contribution in [0.5, 0.6) is 0 Å². The van der Waals surface area contributed by atoms with Crippen molar-refractivity contribution in [3.63, 3.8) is 0 Å². The second-order valence-corrected chi connectivity index (χ2v) is 4.99. The van der Waals surface area contributed by atoms with Gasteiger partial charge in [-0.2, -0.15) is 0 Å². The highest BCUT2D eigenvalue weighted by Crippen LogP contribution is 2.14. The first-order valence-electron chi connectivity index (χ1n) is 5.65. The van der Waals surface area contributed by atoms with Crippen LogP contribution in [0.15, 0.2) is 5.51 Å². The molecule has 1 aromatic heterocycles. The lowest BCUT2D eigenvalue weighted by atomic mass is 10.1. The lowest BCUT2D eigenvalue weighted by molar-refractivity contribution is 0.155. The summed E-state index contributed by atoms with van der Waals surface area (Å²) in [6.07, 6.45) is 1.15. The summed E-state index contributed by atoms with van der Waals surface area (Å²) in [5.41, 5.74) is 3.16. The van der Waals surface area contributed by atoms with Crippen molar-refractivity contribution in [2.45, 2.75) is 26.3 Å². The molecular weight excluding hydrogens is 206 g/mol. The van der Waals surface area contributed by atoms with Crippen LogP contribution in [0, 0.1) is 6.92 Å². The van der Waals surface area contributed by atoms with Gasteiger partial charge in [-0.15, -0.1) is 11.3 Å². The smallest absolute Gasteiger partial charge is 0.0797 e. The van der Waals surface area contributed by atoms with E-state index in [9.17, 15) is 0 Å². The Hall–Kier alpha value is -0.450. The summed E-state index contributed by atoms with van der Waals surface area (Å²) in [7, 11) is 0. The van der Waals surface area contributed by atoms with Crippen LogP contribution < -0.4 is 5.32 Å². The summed E-state index contributed by atoms with van der Waals surface area (Å²) < 4.78 is 0. The minimum Gasteiger partial charge on any atom is -0.314 e. The molecule has 1 aliphatic rings. The quantitative estimate of drug-likeness (QED) is 0.818. The zero-order valence-electron chi connectivity index (χ0n) is 9.49. The highest BCUT2D eigenvalue weighted by molar-refractivity contribution is 7.09. The maximum atomic E-state index is 4.29. The summed E-state index contributed by atoms with van der Waals surface area (Å²) in [5, 5.41) is 3.33. The van der Waals surface area contributed by atoms with Gasteiger partial charge in [0.2, 0.25) is 0 Å². The van der Waals surface area contributed by atoms with Crippen molar-refractivity contribution >= 4 is 11.3 Å². The molecule has 1 fully saturated rings. The molecule has 1 aromatic rings. The Morgan fingerprint density at radius 3 is 2.87 bits per heavy atom. The summed E-state index contributed by atoms with van der Waals surface area (Å²) in [5.74, 6) is 0. The monoisotopic (exact) mass is 225 g/mol. The second-order valence-electron chi connectivity index (χ2n) is 4.05. The van der Waals surface area contributed by atoms with E-state index in [1.54, 1.807) is 11.3 Å². The molecule has 1 saturated heterocycles. The van der Waals surface area contributed by atoms with Crippen molar-refractivity contribution in [2.24, 2.45) is 0 Å². The van der Waals surface area contributed by atoms with Crippen LogP contribution in [0.4, 0.5) is 0 Å². The molecule has 2 heterocycles. The molecule has 0 atom stereocenters. The number of thiazole rings is 1. The van der Waals surface area contributed by atoms with Gasteiger partial charge in [0.15, 0.2) is 0 Å². The SMILES string of the molecule is CCN(CCc1scnc1C)C1CNC1. The van der Waals surface area contributed by atoms with Crippen LogP contribution in [0.25, 0.3) is 0 Å². The van der Waals surface area contributed by atoms with E-state index < -0.39 is 0 Å². The van der Waals surface area contributed by atoms with Crippen LogP contribution in [0.1, 0.15) is 17.5 Å². The molecule has 0 aliphatic carbocycles. The molecule has 84 valence electrons. The Labute approximate surface area is 95.5 Å². The first kappa shape index (κ1) is 11.0. The third-order valence-electron chi connectivity index (χ3n) is 3.15. The van der Waals surface area contributed by atoms with Gasteiger partial charge in [-0.3, -0.25) is 4.90 Å². The molecule has 2 rings (SSSR count). The number of hydrogen-bond acceptors (Lipinski definition) is 4. The first-order chi connectivity index (χ1) is 7.31. The molecule has 0 saturated carbocycles. The number of aryl methyl sites for hydroxylation is 1. The summed E-state index contributed by atoms with van der Waals surface area (Å²) >= 11 is 1.79. The molecule has 1 aliphatic heterocycles. The van der Waals surface area contributed by atoms with Crippen molar-refractivity contribution in [3.05, 3.63) is 16.1 Å². The maximum Gasteiger partial charge on any atom is 0.0797 e. The zero-order valence-corrected chi connectivity index (χ0v) is 10.3. The standard InChI is InChI=1S/C11H19N3S/c1-3-14(10-6-12-7-10)5-4-11-9(2)13-8-15-11/h8,10,12H,3-7H2,1-2H3. The predicted molar refractivity (Wildman–Crippen MR) is 64.5 cm³/mol. The van der Waals surface area contributed by atoms with Crippen molar-refractivity contribution in [1.29, 1.82) is 0 Å². The number of hydrogen-bond donors (Lipinski definition) is 1. The molecule has 0 amide bonds. The van der Waals surface area contributed by atoms with Crippen LogP contribution in [0.3, 0.4) is 0 Å². The molecular formula is C11H19N3S. The van der Waals surface area contributed by atoms with Gasteiger partial charge in [-0.1, -0.05) is 6.92 Å². The fourth-order valence-corrected chi connectivity index (χ4v) is 2.71. The molecule has 0 bridgehead atoms. The first-order valence-corrected chi connectivity index (χ1v) is 6.53.